The molecular weight excluding hydrogens is 210 g/mol. The molecule has 1 N–H and O–H groups in total. The van der Waals surface area contributed by atoms with Gasteiger partial charge in [0, 0.05) is 5.69 Å². The topological polar surface area (TPSA) is 29.1 Å². The van der Waals surface area contributed by atoms with Crippen LogP contribution in [0.15, 0.2) is 35.9 Å². The second-order valence-corrected chi connectivity index (χ2v) is 4.06. The third-order valence-corrected chi connectivity index (χ3v) is 2.25. The van der Waals surface area contributed by atoms with Crippen molar-refractivity contribution in [3.05, 3.63) is 41.4 Å². The molecule has 1 rings (SSSR count). The van der Waals surface area contributed by atoms with Crippen molar-refractivity contribution < 1.29 is 4.79 Å². The lowest BCUT2D eigenvalue weighted by atomic mass is 10.0. The van der Waals surface area contributed by atoms with Crippen LogP contribution >= 0.6 is 11.6 Å². The van der Waals surface area contributed by atoms with Gasteiger partial charge >= 0.3 is 0 Å². The van der Waals surface area contributed by atoms with Crippen LogP contribution in [0.4, 0.5) is 5.69 Å². The van der Waals surface area contributed by atoms with Gasteiger partial charge < -0.3 is 5.32 Å². The van der Waals surface area contributed by atoms with Crippen LogP contribution < -0.4 is 5.32 Å². The molecule has 80 valence electrons. The second kappa shape index (κ2) is 4.99. The zero-order valence-electron chi connectivity index (χ0n) is 8.88. The molecule has 0 saturated carbocycles. The molecular formula is C12H14ClNO. The van der Waals surface area contributed by atoms with Crippen molar-refractivity contribution in [1.29, 1.82) is 0 Å². The maximum atomic E-state index is 11.3. The Labute approximate surface area is 94.9 Å². The number of nitrogens with one attached hydrogen (secondary N) is 1. The minimum Gasteiger partial charge on any atom is -0.321 e. The number of anilines is 1. The minimum absolute atomic E-state index is 0.00596. The van der Waals surface area contributed by atoms with E-state index in [0.717, 1.165) is 11.3 Å². The number of para-hydroxylation sites is 1. The van der Waals surface area contributed by atoms with Crippen LogP contribution in [0, 0.1) is 0 Å². The first-order valence-corrected chi connectivity index (χ1v) is 5.15. The Balaban J connectivity index is 2.94. The summed E-state index contributed by atoms with van der Waals surface area (Å²) in [5, 5.41) is 2.71. The first-order valence-electron chi connectivity index (χ1n) is 4.77. The maximum absolute atomic E-state index is 11.3. The van der Waals surface area contributed by atoms with Crippen molar-refractivity contribution >= 4 is 23.2 Å². The molecule has 15 heavy (non-hydrogen) atoms. The molecule has 0 unspecified atom stereocenters. The van der Waals surface area contributed by atoms with Crippen LogP contribution in [0.1, 0.15) is 25.3 Å². The fraction of sp³-hybridized carbons (Fsp3) is 0.250. The highest BCUT2D eigenvalue weighted by Gasteiger charge is 2.09. The molecule has 1 aromatic rings. The first-order chi connectivity index (χ1) is 7.02. The molecule has 1 aromatic carbocycles. The van der Waals surface area contributed by atoms with Gasteiger partial charge in [0.25, 0.3) is 5.91 Å². The highest BCUT2D eigenvalue weighted by atomic mass is 35.5. The predicted octanol–water partition coefficient (Wildman–Crippen LogP) is 3.50. The lowest BCUT2D eigenvalue weighted by Gasteiger charge is -2.12. The van der Waals surface area contributed by atoms with Gasteiger partial charge in [0.15, 0.2) is 0 Å². The van der Waals surface area contributed by atoms with Crippen molar-refractivity contribution in [3.63, 3.8) is 0 Å². The molecule has 0 aliphatic carbocycles. The lowest BCUT2D eigenvalue weighted by Crippen LogP contribution is -2.12. The van der Waals surface area contributed by atoms with E-state index in [1.807, 2.05) is 24.3 Å². The number of halogens is 1. The van der Waals surface area contributed by atoms with E-state index < -0.39 is 0 Å². The fourth-order valence-electron chi connectivity index (χ4n) is 1.30. The third kappa shape index (κ3) is 3.10. The lowest BCUT2D eigenvalue weighted by molar-refractivity contribution is -0.112. The van der Waals surface area contributed by atoms with Crippen molar-refractivity contribution in [2.24, 2.45) is 0 Å². The Bertz CT molecular complexity index is 385. The molecule has 2 nitrogen and oxygen atoms in total. The van der Waals surface area contributed by atoms with E-state index in [1.165, 1.54) is 0 Å². The molecule has 0 aliphatic heterocycles. The van der Waals surface area contributed by atoms with Crippen LogP contribution in [0.25, 0.3) is 0 Å². The maximum Gasteiger partial charge on any atom is 0.266 e. The molecule has 3 heteroatoms. The highest BCUT2D eigenvalue weighted by molar-refractivity contribution is 6.43. The summed E-state index contributed by atoms with van der Waals surface area (Å²) in [6.07, 6.45) is 0. The monoisotopic (exact) mass is 223 g/mol. The Morgan fingerprint density at radius 2 is 2.00 bits per heavy atom. The van der Waals surface area contributed by atoms with Crippen LogP contribution in [0.5, 0.6) is 0 Å². The van der Waals surface area contributed by atoms with Gasteiger partial charge in [-0.25, -0.2) is 0 Å². The molecule has 0 fully saturated rings. The molecule has 0 heterocycles. The normalized spacial score (nSPS) is 10.1. The average molecular weight is 224 g/mol. The van der Waals surface area contributed by atoms with Crippen molar-refractivity contribution in [2.45, 2.75) is 19.8 Å². The summed E-state index contributed by atoms with van der Waals surface area (Å²) in [6.45, 7) is 7.52. The van der Waals surface area contributed by atoms with Crippen LogP contribution in [-0.4, -0.2) is 5.91 Å². The van der Waals surface area contributed by atoms with E-state index >= 15 is 0 Å². The van der Waals surface area contributed by atoms with E-state index in [4.69, 9.17) is 11.6 Å². The minimum atomic E-state index is -0.357. The van der Waals surface area contributed by atoms with E-state index in [1.54, 1.807) is 0 Å². The van der Waals surface area contributed by atoms with Gasteiger partial charge in [-0.3, -0.25) is 4.79 Å². The summed E-state index contributed by atoms with van der Waals surface area (Å²) < 4.78 is 0. The largest absolute Gasteiger partial charge is 0.321 e. The Hall–Kier alpha value is -1.28. The molecule has 0 spiro atoms. The summed E-state index contributed by atoms with van der Waals surface area (Å²) in [6, 6.07) is 7.66. The number of hydrogen-bond donors (Lipinski definition) is 1. The summed E-state index contributed by atoms with van der Waals surface area (Å²) >= 11 is 5.50. The highest BCUT2D eigenvalue weighted by Crippen LogP contribution is 2.24. The fourth-order valence-corrected chi connectivity index (χ4v) is 1.35. The molecule has 0 bridgehead atoms. The number of carbonyl (C=O) groups excluding carboxylic acids is 1. The zero-order valence-corrected chi connectivity index (χ0v) is 9.64. The Morgan fingerprint density at radius 1 is 1.40 bits per heavy atom. The van der Waals surface area contributed by atoms with E-state index in [9.17, 15) is 4.79 Å². The van der Waals surface area contributed by atoms with E-state index in [0.29, 0.717) is 5.92 Å². The molecule has 0 radical (unpaired) electrons. The van der Waals surface area contributed by atoms with Gasteiger partial charge in [-0.2, -0.15) is 0 Å². The first kappa shape index (κ1) is 11.8. The van der Waals surface area contributed by atoms with Gasteiger partial charge in [-0.15, -0.1) is 0 Å². The summed E-state index contributed by atoms with van der Waals surface area (Å²) in [5.74, 6) is -0.00476. The molecule has 1 amide bonds. The molecule has 0 aromatic heterocycles. The summed E-state index contributed by atoms with van der Waals surface area (Å²) in [4.78, 5) is 11.3. The van der Waals surface area contributed by atoms with Gasteiger partial charge in [-0.05, 0) is 17.5 Å². The number of rotatable bonds is 3. The number of hydrogen-bond acceptors (Lipinski definition) is 1. The molecule has 0 saturated heterocycles. The standard InChI is InChI=1S/C12H14ClNO/c1-8(2)10-6-4-5-7-11(10)14-12(15)9(3)13/h4-8H,3H2,1-2H3,(H,14,15). The Morgan fingerprint density at radius 3 is 2.53 bits per heavy atom. The van der Waals surface area contributed by atoms with Crippen molar-refractivity contribution in [3.8, 4) is 0 Å². The smallest absolute Gasteiger partial charge is 0.266 e. The van der Waals surface area contributed by atoms with Gasteiger partial charge in [0.05, 0.1) is 5.03 Å². The van der Waals surface area contributed by atoms with Crippen LogP contribution in [0.3, 0.4) is 0 Å². The number of amides is 1. The molecule has 0 aliphatic rings. The van der Waals surface area contributed by atoms with Crippen molar-refractivity contribution in [1.82, 2.24) is 0 Å². The van der Waals surface area contributed by atoms with E-state index in [2.05, 4.69) is 25.7 Å². The Kier molecular flexibility index (Phi) is 3.92. The second-order valence-electron chi connectivity index (χ2n) is 3.60. The number of benzene rings is 1. The van der Waals surface area contributed by atoms with Gasteiger partial charge in [0.2, 0.25) is 0 Å². The average Bonchev–Trinajstić information content (AvgIpc) is 2.18. The summed E-state index contributed by atoms with van der Waals surface area (Å²) in [7, 11) is 0. The predicted molar refractivity (Wildman–Crippen MR) is 64.2 cm³/mol. The van der Waals surface area contributed by atoms with E-state index in [-0.39, 0.29) is 10.9 Å². The zero-order chi connectivity index (χ0) is 11.4. The number of carbonyl (C=O) groups is 1. The quantitative estimate of drug-likeness (QED) is 0.781. The van der Waals surface area contributed by atoms with Gasteiger partial charge in [0.1, 0.15) is 0 Å². The summed E-state index contributed by atoms with van der Waals surface area (Å²) in [5.41, 5.74) is 1.88. The van der Waals surface area contributed by atoms with Crippen LogP contribution in [0.2, 0.25) is 0 Å². The van der Waals surface area contributed by atoms with Gasteiger partial charge in [-0.1, -0.05) is 50.2 Å². The third-order valence-electron chi connectivity index (χ3n) is 2.08. The SMILES string of the molecule is C=C(Cl)C(=O)Nc1ccccc1C(C)C. The molecule has 0 atom stereocenters. The van der Waals surface area contributed by atoms with Crippen LogP contribution in [-0.2, 0) is 4.79 Å². The van der Waals surface area contributed by atoms with Crippen molar-refractivity contribution in [2.75, 3.05) is 5.32 Å².